The summed E-state index contributed by atoms with van der Waals surface area (Å²) in [5, 5.41) is 12.6. The average Bonchev–Trinajstić information content (AvgIpc) is 3.16. The molecule has 2 aromatic rings. The molecule has 0 bridgehead atoms. The van der Waals surface area contributed by atoms with Gasteiger partial charge < -0.3 is 14.8 Å². The molecule has 22 heavy (non-hydrogen) atoms. The van der Waals surface area contributed by atoms with Crippen molar-refractivity contribution < 1.29 is 19.1 Å². The van der Waals surface area contributed by atoms with E-state index in [4.69, 9.17) is 4.42 Å². The van der Waals surface area contributed by atoms with Gasteiger partial charge in [0.25, 0.3) is 5.91 Å². The van der Waals surface area contributed by atoms with Gasteiger partial charge in [0.2, 0.25) is 5.78 Å². The molecule has 0 aliphatic carbocycles. The van der Waals surface area contributed by atoms with Crippen LogP contribution in [0.25, 0.3) is 0 Å². The van der Waals surface area contributed by atoms with Crippen LogP contribution in [0.1, 0.15) is 34.6 Å². The summed E-state index contributed by atoms with van der Waals surface area (Å²) < 4.78 is 5.08. The molecule has 1 aliphatic heterocycles. The first-order chi connectivity index (χ1) is 10.6. The summed E-state index contributed by atoms with van der Waals surface area (Å²) in [6.45, 7) is 2.05. The summed E-state index contributed by atoms with van der Waals surface area (Å²) in [6.07, 6.45) is 2.27. The molecule has 1 aliphatic rings. The van der Waals surface area contributed by atoms with Crippen LogP contribution >= 0.6 is 0 Å². The second-order valence-corrected chi connectivity index (χ2v) is 5.07. The lowest BCUT2D eigenvalue weighted by molar-refractivity contribution is -0.119. The predicted molar refractivity (Wildman–Crippen MR) is 79.4 cm³/mol. The second kappa shape index (κ2) is 5.52. The Morgan fingerprint density at radius 1 is 1.27 bits per heavy atom. The third kappa shape index (κ3) is 2.30. The van der Waals surface area contributed by atoms with Crippen molar-refractivity contribution in [2.45, 2.75) is 19.4 Å². The smallest absolute Gasteiger partial charge is 0.287 e. The maximum Gasteiger partial charge on any atom is 0.287 e. The van der Waals surface area contributed by atoms with E-state index < -0.39 is 23.5 Å². The van der Waals surface area contributed by atoms with Crippen LogP contribution in [0.5, 0.6) is 0 Å². The molecule has 5 nitrogen and oxygen atoms in total. The minimum Gasteiger partial charge on any atom is -0.503 e. The first-order valence-electron chi connectivity index (χ1n) is 7.03. The van der Waals surface area contributed by atoms with E-state index in [9.17, 15) is 14.7 Å². The molecule has 1 aromatic carbocycles. The molecule has 0 spiro atoms. The van der Waals surface area contributed by atoms with Gasteiger partial charge in [-0.15, -0.1) is 0 Å². The molecule has 3 rings (SSSR count). The third-order valence-corrected chi connectivity index (χ3v) is 3.75. The molecule has 0 fully saturated rings. The number of carbonyl (C=O) groups is 2. The van der Waals surface area contributed by atoms with Gasteiger partial charge in [0.05, 0.1) is 17.9 Å². The van der Waals surface area contributed by atoms with E-state index in [0.29, 0.717) is 0 Å². The van der Waals surface area contributed by atoms with E-state index in [1.54, 1.807) is 6.07 Å². The van der Waals surface area contributed by atoms with Crippen molar-refractivity contribution in [1.82, 2.24) is 5.32 Å². The minimum absolute atomic E-state index is 0.0178. The number of aryl methyl sites for hydroxylation is 1. The van der Waals surface area contributed by atoms with E-state index in [1.165, 1.54) is 12.3 Å². The maximum absolute atomic E-state index is 12.5. The summed E-state index contributed by atoms with van der Waals surface area (Å²) in [5.41, 5.74) is 1.91. The molecule has 1 atom stereocenters. The number of nitrogens with one attached hydrogen (secondary N) is 1. The molecule has 0 saturated heterocycles. The molecule has 0 saturated carbocycles. The first-order valence-corrected chi connectivity index (χ1v) is 7.03. The predicted octanol–water partition coefficient (Wildman–Crippen LogP) is 2.71. The Bertz CT molecular complexity index is 741. The number of rotatable bonds is 4. The largest absolute Gasteiger partial charge is 0.503 e. The van der Waals surface area contributed by atoms with E-state index in [0.717, 1.165) is 17.5 Å². The zero-order valence-electron chi connectivity index (χ0n) is 12.0. The van der Waals surface area contributed by atoms with E-state index in [-0.39, 0.29) is 11.3 Å². The highest BCUT2D eigenvalue weighted by molar-refractivity contribution is 6.14. The van der Waals surface area contributed by atoms with Gasteiger partial charge in [-0.1, -0.05) is 31.2 Å². The Morgan fingerprint density at radius 3 is 2.59 bits per heavy atom. The van der Waals surface area contributed by atoms with Gasteiger partial charge >= 0.3 is 0 Å². The summed E-state index contributed by atoms with van der Waals surface area (Å²) in [5.74, 6) is -1.61. The molecule has 2 heterocycles. The van der Waals surface area contributed by atoms with Gasteiger partial charge in [0.1, 0.15) is 0 Å². The normalized spacial score (nSPS) is 17.7. The van der Waals surface area contributed by atoms with Crippen LogP contribution < -0.4 is 5.32 Å². The minimum atomic E-state index is -0.670. The van der Waals surface area contributed by atoms with Crippen LogP contribution in [-0.4, -0.2) is 16.8 Å². The van der Waals surface area contributed by atoms with Gasteiger partial charge in [0, 0.05) is 0 Å². The standard InChI is InChI=1S/C17H15NO4/c1-2-10-5-7-11(8-6-10)14-13(16(20)17(21)18-14)15(19)12-4-3-9-22-12/h3-9,14,20H,2H2,1H3,(H,18,21). The maximum atomic E-state index is 12.5. The Labute approximate surface area is 127 Å². The lowest BCUT2D eigenvalue weighted by Gasteiger charge is -2.14. The number of amides is 1. The molecule has 0 radical (unpaired) electrons. The monoisotopic (exact) mass is 297 g/mol. The van der Waals surface area contributed by atoms with Gasteiger partial charge in [-0.05, 0) is 29.7 Å². The van der Waals surface area contributed by atoms with Crippen molar-refractivity contribution in [3.63, 3.8) is 0 Å². The highest BCUT2D eigenvalue weighted by atomic mass is 16.3. The van der Waals surface area contributed by atoms with Crippen LogP contribution in [-0.2, 0) is 11.2 Å². The van der Waals surface area contributed by atoms with Crippen LogP contribution in [0.15, 0.2) is 58.4 Å². The van der Waals surface area contributed by atoms with Crippen molar-refractivity contribution in [3.8, 4) is 0 Å². The Balaban J connectivity index is 2.00. The van der Waals surface area contributed by atoms with Crippen molar-refractivity contribution in [1.29, 1.82) is 0 Å². The van der Waals surface area contributed by atoms with Crippen molar-refractivity contribution in [3.05, 3.63) is 70.9 Å². The van der Waals surface area contributed by atoms with E-state index in [1.807, 2.05) is 31.2 Å². The van der Waals surface area contributed by atoms with Gasteiger partial charge in [-0.2, -0.15) is 0 Å². The van der Waals surface area contributed by atoms with Crippen LogP contribution in [0, 0.1) is 0 Å². The number of carbonyl (C=O) groups excluding carboxylic acids is 2. The number of hydrogen-bond donors (Lipinski definition) is 2. The second-order valence-electron chi connectivity index (χ2n) is 5.07. The fourth-order valence-electron chi connectivity index (χ4n) is 2.51. The molecule has 1 amide bonds. The number of aliphatic hydroxyl groups excluding tert-OH is 1. The summed E-state index contributed by atoms with van der Waals surface area (Å²) in [7, 11) is 0. The number of ketones is 1. The molecule has 2 N–H and O–H groups in total. The highest BCUT2D eigenvalue weighted by Gasteiger charge is 2.38. The van der Waals surface area contributed by atoms with Crippen molar-refractivity contribution in [2.24, 2.45) is 0 Å². The van der Waals surface area contributed by atoms with Gasteiger partial charge in [-0.3, -0.25) is 9.59 Å². The molecule has 1 unspecified atom stereocenters. The van der Waals surface area contributed by atoms with Crippen molar-refractivity contribution >= 4 is 11.7 Å². The number of benzene rings is 1. The fraction of sp³-hybridized carbons (Fsp3) is 0.176. The van der Waals surface area contributed by atoms with Gasteiger partial charge in [0.15, 0.2) is 11.5 Å². The number of aliphatic hydroxyl groups is 1. The van der Waals surface area contributed by atoms with Crippen LogP contribution in [0.4, 0.5) is 0 Å². The molecular weight excluding hydrogens is 282 g/mol. The topological polar surface area (TPSA) is 79.5 Å². The number of furan rings is 1. The molecule has 112 valence electrons. The SMILES string of the molecule is CCc1ccc(C2NC(=O)C(O)=C2C(=O)c2ccco2)cc1. The molecular formula is C17H15NO4. The van der Waals surface area contributed by atoms with E-state index >= 15 is 0 Å². The summed E-state index contributed by atoms with van der Waals surface area (Å²) in [4.78, 5) is 24.2. The lowest BCUT2D eigenvalue weighted by Crippen LogP contribution is -2.23. The average molecular weight is 297 g/mol. The number of hydrogen-bond acceptors (Lipinski definition) is 4. The molecule has 5 heteroatoms. The first kappa shape index (κ1) is 14.1. The van der Waals surface area contributed by atoms with E-state index in [2.05, 4.69) is 5.32 Å². The Kier molecular flexibility index (Phi) is 3.55. The van der Waals surface area contributed by atoms with Crippen molar-refractivity contribution in [2.75, 3.05) is 0 Å². The zero-order chi connectivity index (χ0) is 15.7. The zero-order valence-corrected chi connectivity index (χ0v) is 12.0. The highest BCUT2D eigenvalue weighted by Crippen LogP contribution is 2.32. The van der Waals surface area contributed by atoms with Gasteiger partial charge in [-0.25, -0.2) is 0 Å². The third-order valence-electron chi connectivity index (χ3n) is 3.75. The lowest BCUT2D eigenvalue weighted by atomic mass is 9.95. The Morgan fingerprint density at radius 2 is 2.00 bits per heavy atom. The summed E-state index contributed by atoms with van der Waals surface area (Å²) >= 11 is 0. The summed E-state index contributed by atoms with van der Waals surface area (Å²) in [6, 6.07) is 9.98. The quantitative estimate of drug-likeness (QED) is 0.850. The Hall–Kier alpha value is -2.82. The molecule has 1 aromatic heterocycles. The van der Waals surface area contributed by atoms with Crippen LogP contribution in [0.3, 0.4) is 0 Å². The fourth-order valence-corrected chi connectivity index (χ4v) is 2.51. The van der Waals surface area contributed by atoms with Crippen LogP contribution in [0.2, 0.25) is 0 Å². The number of Topliss-reactive ketones (excluding diaryl/α,β-unsaturated/α-hetero) is 1.